The first kappa shape index (κ1) is 68.3. The molecule has 0 saturated heterocycles. The maximum atomic E-state index is 12.5. The van der Waals surface area contributed by atoms with Gasteiger partial charge in [-0.05, 0) is 62.1 Å². The van der Waals surface area contributed by atoms with E-state index in [1.165, 1.54) is 34.5 Å². The van der Waals surface area contributed by atoms with Crippen LogP contribution in [0.2, 0.25) is 0 Å². The number of halogens is 1. The maximum absolute atomic E-state index is 12.5. The second kappa shape index (κ2) is 23.1. The lowest BCUT2D eigenvalue weighted by atomic mass is 9.81. The number of nitrogens with zero attached hydrogens (tertiary/aromatic N) is 7. The number of ether oxygens (including phenoxy) is 4. The molecule has 4 aromatic rings. The molecule has 4 amide bonds. The molecule has 0 aliphatic carbocycles. The lowest BCUT2D eigenvalue weighted by Gasteiger charge is -2.42. The molecule has 4 aromatic heterocycles. The van der Waals surface area contributed by atoms with Crippen LogP contribution in [0.1, 0.15) is 188 Å². The molecule has 0 saturated carbocycles. The van der Waals surface area contributed by atoms with Gasteiger partial charge in [-0.1, -0.05) is 71.2 Å². The average molecular weight is 1290 g/mol. The highest BCUT2D eigenvalue weighted by Crippen LogP contribution is 2.52. The molecule has 22 nitrogen and oxygen atoms in total. The summed E-state index contributed by atoms with van der Waals surface area (Å²) >= 11 is 1.93. The minimum absolute atomic E-state index is 0. The van der Waals surface area contributed by atoms with Crippen LogP contribution in [0, 0.1) is 27.2 Å². The van der Waals surface area contributed by atoms with Crippen molar-refractivity contribution in [1.82, 2.24) is 38.3 Å². The molecular formula is C61H89IN8O14. The molecule has 12 heterocycles. The van der Waals surface area contributed by atoms with Gasteiger partial charge < -0.3 is 67.4 Å². The minimum Gasteiger partial charge on any atom is -0.491 e. The fourth-order valence-electron chi connectivity index (χ4n) is 14.4. The lowest BCUT2D eigenvalue weighted by Crippen LogP contribution is -2.53. The zero-order chi connectivity index (χ0) is 59.3. The predicted molar refractivity (Wildman–Crippen MR) is 330 cm³/mol. The van der Waals surface area contributed by atoms with E-state index in [0.29, 0.717) is 64.4 Å². The van der Waals surface area contributed by atoms with Crippen molar-refractivity contribution in [1.29, 1.82) is 0 Å². The van der Waals surface area contributed by atoms with E-state index in [4.69, 9.17) is 18.9 Å². The van der Waals surface area contributed by atoms with E-state index < -0.39 is 23.3 Å². The van der Waals surface area contributed by atoms with Gasteiger partial charge in [0.25, 0.3) is 23.6 Å². The molecule has 12 atom stereocenters. The highest BCUT2D eigenvalue weighted by molar-refractivity contribution is 14.1. The van der Waals surface area contributed by atoms with Crippen LogP contribution in [-0.2, 0) is 22.2 Å². The van der Waals surface area contributed by atoms with Gasteiger partial charge in [-0.2, -0.15) is 0 Å². The quantitative estimate of drug-likeness (QED) is 0.189. The van der Waals surface area contributed by atoms with E-state index in [9.17, 15) is 48.6 Å². The standard InChI is InChI=1S/C15H20N2O3.C14H17IN2O4.C14H18N2O4.C14H18N2O3.4CH4/c1-8-9(2)15(3)7-16(4)14(19)12-13(20-5)11(18)6-10(8)17(12)15;1-6-10(18)8-7(15)11(19)12(21-4)9-13(20)16(3)5-14(6,2)17(8)9;1-7-11(18)8-5-9(17)12(20-4)10-13(19)15(3)6-14(7,2)16(8)10;1-7-8(2)14(3)6-15-13(18)11-12(19-4)10(17)5-9(7)16(11)14;;;;/h6,8-9H,7H2,1-5H3;6,10,18H,5H2,1-4H3;5,7,11,18H,6H2,1-4H3;5,7-8H,6H2,1-4H3,(H,15,18);4*1H4. The molecule has 0 bridgehead atoms. The van der Waals surface area contributed by atoms with Crippen LogP contribution < -0.4 is 46.0 Å². The molecule has 0 aromatic carbocycles. The van der Waals surface area contributed by atoms with Gasteiger partial charge in [0.05, 0.1) is 71.7 Å². The molecule has 23 heteroatoms. The predicted octanol–water partition coefficient (Wildman–Crippen LogP) is 6.31. The third kappa shape index (κ3) is 9.12. The van der Waals surface area contributed by atoms with Gasteiger partial charge >= 0.3 is 0 Å². The van der Waals surface area contributed by atoms with E-state index >= 15 is 0 Å². The van der Waals surface area contributed by atoms with Gasteiger partial charge in [-0.3, -0.25) is 38.4 Å². The summed E-state index contributed by atoms with van der Waals surface area (Å²) in [7, 11) is 10.8. The average Bonchev–Trinajstić information content (AvgIpc) is 1.61. The Morgan fingerprint density at radius 3 is 1.21 bits per heavy atom. The van der Waals surface area contributed by atoms with Gasteiger partial charge in [0.1, 0.15) is 6.10 Å². The van der Waals surface area contributed by atoms with E-state index in [2.05, 4.69) is 46.9 Å². The van der Waals surface area contributed by atoms with Gasteiger partial charge in [0.15, 0.2) is 45.8 Å². The van der Waals surface area contributed by atoms with E-state index in [-0.39, 0.29) is 144 Å². The largest absolute Gasteiger partial charge is 0.491 e. The molecule has 0 fully saturated rings. The molecule has 0 spiro atoms. The number of rotatable bonds is 4. The van der Waals surface area contributed by atoms with Crippen molar-refractivity contribution in [2.75, 3.05) is 75.8 Å². The van der Waals surface area contributed by atoms with Crippen LogP contribution in [0.3, 0.4) is 0 Å². The fourth-order valence-corrected chi connectivity index (χ4v) is 15.2. The van der Waals surface area contributed by atoms with Crippen LogP contribution in [-0.4, -0.2) is 143 Å². The van der Waals surface area contributed by atoms with Crippen LogP contribution in [0.25, 0.3) is 0 Å². The van der Waals surface area contributed by atoms with E-state index in [0.717, 1.165) is 11.4 Å². The summed E-state index contributed by atoms with van der Waals surface area (Å²) in [6.45, 7) is 22.9. The molecule has 464 valence electrons. The zero-order valence-electron chi connectivity index (χ0n) is 48.5. The van der Waals surface area contributed by atoms with Gasteiger partial charge in [0.2, 0.25) is 21.7 Å². The topological polar surface area (TPSA) is 255 Å². The number of carbonyl (C=O) groups is 4. The maximum Gasteiger partial charge on any atom is 0.274 e. The van der Waals surface area contributed by atoms with Gasteiger partial charge in [-0.15, -0.1) is 0 Å². The molecule has 8 aliphatic rings. The summed E-state index contributed by atoms with van der Waals surface area (Å²) in [6, 6.07) is 4.63. The van der Waals surface area contributed by atoms with Crippen LogP contribution >= 0.6 is 22.6 Å². The van der Waals surface area contributed by atoms with Crippen LogP contribution in [0.4, 0.5) is 0 Å². The molecule has 0 radical (unpaired) electrons. The lowest BCUT2D eigenvalue weighted by molar-refractivity contribution is 0.0421. The number of nitrogens with one attached hydrogen (secondary N) is 1. The molecule has 8 aliphatic heterocycles. The van der Waals surface area contributed by atoms with Crippen LogP contribution in [0.5, 0.6) is 23.0 Å². The number of pyridine rings is 4. The van der Waals surface area contributed by atoms with E-state index in [1.54, 1.807) is 52.5 Å². The number of hydrogen-bond acceptors (Lipinski definition) is 14. The summed E-state index contributed by atoms with van der Waals surface area (Å²) in [4.78, 5) is 103. The number of methoxy groups -OCH3 is 4. The Morgan fingerprint density at radius 1 is 0.476 bits per heavy atom. The Morgan fingerprint density at radius 2 is 0.798 bits per heavy atom. The number of likely N-dealkylation sites (N-methyl/N-ethyl adjacent to an activating group) is 3. The summed E-state index contributed by atoms with van der Waals surface area (Å²) in [5, 5.41) is 23.9. The molecule has 12 unspecified atom stereocenters. The number of aromatic nitrogens is 4. The van der Waals surface area contributed by atoms with Gasteiger partial charge in [-0.25, -0.2) is 0 Å². The number of amides is 4. The van der Waals surface area contributed by atoms with Crippen molar-refractivity contribution < 1.29 is 48.3 Å². The summed E-state index contributed by atoms with van der Waals surface area (Å²) in [5.74, 6) is 0.550. The van der Waals surface area contributed by atoms with Crippen molar-refractivity contribution in [2.45, 2.75) is 145 Å². The Bertz CT molecular complexity index is 3490. The Hall–Kier alpha value is -6.47. The summed E-state index contributed by atoms with van der Waals surface area (Å²) in [6.07, 6.45) is -1.52. The number of hydrogen-bond donors (Lipinski definition) is 3. The molecular weight excluding hydrogens is 1200 g/mol. The second-order valence-corrected chi connectivity index (χ2v) is 25.0. The van der Waals surface area contributed by atoms with Crippen LogP contribution in [0.15, 0.2) is 37.4 Å². The van der Waals surface area contributed by atoms with Crippen molar-refractivity contribution in [2.24, 2.45) is 23.7 Å². The third-order valence-corrected chi connectivity index (χ3v) is 20.8. The summed E-state index contributed by atoms with van der Waals surface area (Å²) < 4.78 is 28.9. The Balaban J connectivity index is 0.000000202. The first-order valence-electron chi connectivity index (χ1n) is 26.8. The first-order chi connectivity index (χ1) is 37.3. The number of aliphatic hydroxyl groups excluding tert-OH is 2. The second-order valence-electron chi connectivity index (χ2n) is 23.9. The highest BCUT2D eigenvalue weighted by atomic mass is 127. The third-order valence-electron chi connectivity index (χ3n) is 19.8. The number of aliphatic hydroxyl groups is 2. The molecule has 3 N–H and O–H groups in total. The highest BCUT2D eigenvalue weighted by Gasteiger charge is 2.56. The summed E-state index contributed by atoms with van der Waals surface area (Å²) in [5.41, 5.74) is 1.79. The van der Waals surface area contributed by atoms with Crippen molar-refractivity contribution in [3.05, 3.63) is 108 Å². The minimum atomic E-state index is -0.765. The smallest absolute Gasteiger partial charge is 0.274 e. The van der Waals surface area contributed by atoms with Crippen molar-refractivity contribution in [3.63, 3.8) is 0 Å². The monoisotopic (exact) mass is 1280 g/mol. The Kier molecular flexibility index (Phi) is 18.8. The molecule has 84 heavy (non-hydrogen) atoms. The Labute approximate surface area is 506 Å². The first-order valence-corrected chi connectivity index (χ1v) is 27.9. The number of carbonyl (C=O) groups excluding carboxylic acids is 4. The normalized spacial score (nSPS) is 29.8. The van der Waals surface area contributed by atoms with Crippen molar-refractivity contribution in [3.8, 4) is 23.0 Å². The SMILES string of the molecule is C.C.C.C.COc1c2n3c(c(I)c1=O)C(O)C(C)C3(C)CN(C)C2=O.COc1c2n3c(cc1=O)C(C)C(C)C3(C)CN(C)C2=O.COc1c2n3c(cc1=O)C(C)C(C)C3(C)CNC2=O.COc1c2n3c(cc1=O)C(O)C(C)C3(C)CN(C)C2=O. The fraction of sp³-hybridized carbons (Fsp3) is 0.607. The van der Waals surface area contributed by atoms with Crippen molar-refractivity contribution >= 4 is 46.2 Å². The van der Waals surface area contributed by atoms with E-state index in [1.807, 2.05) is 64.0 Å². The van der Waals surface area contributed by atoms with Gasteiger partial charge in [0, 0.05) is 101 Å². The molecule has 12 rings (SSSR count). The zero-order valence-corrected chi connectivity index (χ0v) is 50.6.